The summed E-state index contributed by atoms with van der Waals surface area (Å²) in [4.78, 5) is 4.16. The van der Waals surface area contributed by atoms with E-state index in [1.165, 1.54) is 11.6 Å². The van der Waals surface area contributed by atoms with Gasteiger partial charge in [0.25, 0.3) is 0 Å². The van der Waals surface area contributed by atoms with Gasteiger partial charge in [-0.25, -0.2) is 4.39 Å². The van der Waals surface area contributed by atoms with Gasteiger partial charge < -0.3 is 5.32 Å². The first kappa shape index (κ1) is 13.7. The number of fused-ring (bicyclic) bond motifs is 1. The molecule has 1 unspecified atom stereocenters. The minimum absolute atomic E-state index is 0.0630. The van der Waals surface area contributed by atoms with E-state index >= 15 is 0 Å². The molecule has 3 aromatic rings. The number of pyridine rings is 1. The Morgan fingerprint density at radius 1 is 1.10 bits per heavy atom. The molecule has 21 heavy (non-hydrogen) atoms. The van der Waals surface area contributed by atoms with E-state index in [9.17, 15) is 4.39 Å². The van der Waals surface area contributed by atoms with Gasteiger partial charge in [-0.15, -0.1) is 0 Å². The Kier molecular flexibility index (Phi) is 3.93. The molecule has 0 spiro atoms. The fourth-order valence-corrected chi connectivity index (χ4v) is 2.70. The predicted molar refractivity (Wildman–Crippen MR) is 83.6 cm³/mol. The van der Waals surface area contributed by atoms with E-state index in [1.54, 1.807) is 12.3 Å². The average molecular weight is 280 g/mol. The molecule has 1 N–H and O–H groups in total. The highest BCUT2D eigenvalue weighted by Gasteiger charge is 2.14. The molecule has 2 nitrogen and oxygen atoms in total. The summed E-state index contributed by atoms with van der Waals surface area (Å²) in [6.07, 6.45) is 4.26. The molecule has 1 heterocycles. The van der Waals surface area contributed by atoms with Gasteiger partial charge in [-0.1, -0.05) is 36.4 Å². The third-order valence-corrected chi connectivity index (χ3v) is 3.82. The van der Waals surface area contributed by atoms with Crippen LogP contribution >= 0.6 is 0 Å². The van der Waals surface area contributed by atoms with Crippen molar-refractivity contribution in [2.45, 2.75) is 12.5 Å². The second-order valence-electron chi connectivity index (χ2n) is 5.08. The van der Waals surface area contributed by atoms with E-state index in [0.29, 0.717) is 6.42 Å². The lowest BCUT2D eigenvalue weighted by atomic mass is 9.95. The molecule has 106 valence electrons. The van der Waals surface area contributed by atoms with Crippen LogP contribution in [0.25, 0.3) is 10.8 Å². The van der Waals surface area contributed by atoms with Crippen molar-refractivity contribution < 1.29 is 4.39 Å². The van der Waals surface area contributed by atoms with Crippen LogP contribution in [0.3, 0.4) is 0 Å². The van der Waals surface area contributed by atoms with Gasteiger partial charge in [0.1, 0.15) is 5.82 Å². The molecule has 0 fully saturated rings. The van der Waals surface area contributed by atoms with Crippen molar-refractivity contribution in [1.29, 1.82) is 0 Å². The molecule has 3 heteroatoms. The molecule has 1 aromatic heterocycles. The van der Waals surface area contributed by atoms with Gasteiger partial charge in [0, 0.05) is 23.8 Å². The summed E-state index contributed by atoms with van der Waals surface area (Å²) in [6.45, 7) is 0. The molecular weight excluding hydrogens is 263 g/mol. The topological polar surface area (TPSA) is 24.9 Å². The molecule has 0 aliphatic rings. The number of benzene rings is 2. The van der Waals surface area contributed by atoms with Crippen molar-refractivity contribution in [3.05, 3.63) is 77.9 Å². The van der Waals surface area contributed by atoms with Crippen molar-refractivity contribution >= 4 is 10.8 Å². The van der Waals surface area contributed by atoms with Gasteiger partial charge in [0.05, 0.1) is 0 Å². The lowest BCUT2D eigenvalue weighted by molar-refractivity contribution is 0.557. The number of aromatic nitrogens is 1. The van der Waals surface area contributed by atoms with Gasteiger partial charge in [-0.05, 0) is 42.1 Å². The van der Waals surface area contributed by atoms with Crippen LogP contribution in [0.4, 0.5) is 4.39 Å². The van der Waals surface area contributed by atoms with Gasteiger partial charge in [-0.3, -0.25) is 4.98 Å². The van der Waals surface area contributed by atoms with Crippen LogP contribution in [0, 0.1) is 5.82 Å². The molecule has 1 atom stereocenters. The fraction of sp³-hybridized carbons (Fsp3) is 0.167. The van der Waals surface area contributed by atoms with Crippen LogP contribution in [0.2, 0.25) is 0 Å². The molecule has 0 amide bonds. The van der Waals surface area contributed by atoms with Crippen molar-refractivity contribution in [3.8, 4) is 0 Å². The first-order valence-corrected chi connectivity index (χ1v) is 7.03. The lowest BCUT2D eigenvalue weighted by Crippen LogP contribution is -2.19. The maximum atomic E-state index is 13.9. The van der Waals surface area contributed by atoms with E-state index in [0.717, 1.165) is 16.3 Å². The minimum atomic E-state index is -0.153. The number of rotatable bonds is 4. The maximum absolute atomic E-state index is 13.9. The number of halogens is 1. The second-order valence-corrected chi connectivity index (χ2v) is 5.08. The molecule has 0 bridgehead atoms. The number of hydrogen-bond donors (Lipinski definition) is 1. The summed E-state index contributed by atoms with van der Waals surface area (Å²) in [7, 11) is 1.91. The van der Waals surface area contributed by atoms with Gasteiger partial charge in [0.2, 0.25) is 0 Å². The van der Waals surface area contributed by atoms with Crippen LogP contribution in [-0.2, 0) is 6.42 Å². The number of nitrogens with one attached hydrogen (secondary N) is 1. The fourth-order valence-electron chi connectivity index (χ4n) is 2.70. The summed E-state index contributed by atoms with van der Waals surface area (Å²) < 4.78 is 13.9. The molecule has 0 aliphatic carbocycles. The first-order valence-electron chi connectivity index (χ1n) is 7.03. The molecule has 2 aromatic carbocycles. The lowest BCUT2D eigenvalue weighted by Gasteiger charge is -2.19. The van der Waals surface area contributed by atoms with E-state index in [-0.39, 0.29) is 11.9 Å². The van der Waals surface area contributed by atoms with Gasteiger partial charge >= 0.3 is 0 Å². The predicted octanol–water partition coefficient (Wildman–Crippen LogP) is 3.88. The highest BCUT2D eigenvalue weighted by Crippen LogP contribution is 2.26. The highest BCUT2D eigenvalue weighted by atomic mass is 19.1. The first-order chi connectivity index (χ1) is 10.3. The van der Waals surface area contributed by atoms with Crippen LogP contribution in [0.15, 0.2) is 60.9 Å². The quantitative estimate of drug-likeness (QED) is 0.784. The zero-order chi connectivity index (χ0) is 14.7. The Morgan fingerprint density at radius 2 is 1.95 bits per heavy atom. The third-order valence-electron chi connectivity index (χ3n) is 3.82. The Morgan fingerprint density at radius 3 is 2.76 bits per heavy atom. The molecule has 3 rings (SSSR count). The molecule has 0 saturated carbocycles. The summed E-state index contributed by atoms with van der Waals surface area (Å²) >= 11 is 0. The summed E-state index contributed by atoms with van der Waals surface area (Å²) in [5.74, 6) is -0.153. The Labute approximate surface area is 123 Å². The monoisotopic (exact) mass is 280 g/mol. The Bertz CT molecular complexity index is 750. The zero-order valence-electron chi connectivity index (χ0n) is 11.9. The van der Waals surface area contributed by atoms with E-state index < -0.39 is 0 Å². The smallest absolute Gasteiger partial charge is 0.126 e. The van der Waals surface area contributed by atoms with Crippen LogP contribution in [0.1, 0.15) is 17.2 Å². The molecule has 0 radical (unpaired) electrons. The third kappa shape index (κ3) is 2.78. The maximum Gasteiger partial charge on any atom is 0.126 e. The SMILES string of the molecule is CNC(Cc1ccccc1F)c1cccc2cnccc12. The minimum Gasteiger partial charge on any atom is -0.313 e. The molecular formula is C18H17FN2. The summed E-state index contributed by atoms with van der Waals surface area (Å²) in [5.41, 5.74) is 1.89. The molecule has 0 saturated heterocycles. The van der Waals surface area contributed by atoms with E-state index in [2.05, 4.69) is 16.4 Å². The van der Waals surface area contributed by atoms with Crippen LogP contribution in [0.5, 0.6) is 0 Å². The van der Waals surface area contributed by atoms with E-state index in [4.69, 9.17) is 0 Å². The van der Waals surface area contributed by atoms with Crippen molar-refractivity contribution in [3.63, 3.8) is 0 Å². The van der Waals surface area contributed by atoms with Crippen molar-refractivity contribution in [1.82, 2.24) is 10.3 Å². The summed E-state index contributed by atoms with van der Waals surface area (Å²) in [6, 6.07) is 15.2. The van der Waals surface area contributed by atoms with Gasteiger partial charge in [-0.2, -0.15) is 0 Å². The Hall–Kier alpha value is -2.26. The largest absolute Gasteiger partial charge is 0.313 e. The highest BCUT2D eigenvalue weighted by molar-refractivity contribution is 5.85. The standard InChI is InChI=1S/C18H17FN2/c1-20-18(11-13-5-2-3-8-17(13)19)16-7-4-6-14-12-21-10-9-15(14)16/h2-10,12,18,20H,11H2,1H3. The van der Waals surface area contributed by atoms with E-state index in [1.807, 2.05) is 43.6 Å². The van der Waals surface area contributed by atoms with Crippen molar-refractivity contribution in [2.24, 2.45) is 0 Å². The zero-order valence-corrected chi connectivity index (χ0v) is 11.9. The number of hydrogen-bond acceptors (Lipinski definition) is 2. The average Bonchev–Trinajstić information content (AvgIpc) is 2.54. The number of likely N-dealkylation sites (N-methyl/N-ethyl adjacent to an activating group) is 1. The van der Waals surface area contributed by atoms with Crippen molar-refractivity contribution in [2.75, 3.05) is 7.05 Å². The normalized spacial score (nSPS) is 12.5. The van der Waals surface area contributed by atoms with Crippen LogP contribution < -0.4 is 5.32 Å². The summed E-state index contributed by atoms with van der Waals surface area (Å²) in [5, 5.41) is 5.56. The molecule has 0 aliphatic heterocycles. The second kappa shape index (κ2) is 6.02. The Balaban J connectivity index is 2.01. The number of nitrogens with zero attached hydrogens (tertiary/aromatic N) is 1. The van der Waals surface area contributed by atoms with Gasteiger partial charge in [0.15, 0.2) is 0 Å². The van der Waals surface area contributed by atoms with Crippen LogP contribution in [-0.4, -0.2) is 12.0 Å².